The molecule has 1 saturated heterocycles. The molecule has 5 heteroatoms. The average Bonchev–Trinajstić information content (AvgIpc) is 2.88. The highest BCUT2D eigenvalue weighted by Gasteiger charge is 2.35. The highest BCUT2D eigenvalue weighted by molar-refractivity contribution is 7.16. The van der Waals surface area contributed by atoms with E-state index in [-0.39, 0.29) is 5.78 Å². The number of carbonyl (C=O) groups excluding carboxylic acids is 1. The molecule has 1 fully saturated rings. The summed E-state index contributed by atoms with van der Waals surface area (Å²) in [6.07, 6.45) is 1.93. The molecule has 2 unspecified atom stereocenters. The summed E-state index contributed by atoms with van der Waals surface area (Å²) in [6.45, 7) is 6.98. The third kappa shape index (κ3) is 5.28. The third-order valence-corrected chi connectivity index (χ3v) is 7.56. The van der Waals surface area contributed by atoms with Gasteiger partial charge in [0.05, 0.1) is 18.8 Å². The molecule has 3 nitrogen and oxygen atoms in total. The molecule has 0 radical (unpaired) electrons. The van der Waals surface area contributed by atoms with Gasteiger partial charge in [-0.15, -0.1) is 18.5 Å². The Morgan fingerprint density at radius 3 is 2.00 bits per heavy atom. The van der Waals surface area contributed by atoms with Gasteiger partial charge in [0.1, 0.15) is 0 Å². The monoisotopic (exact) mass is 477 g/mol. The van der Waals surface area contributed by atoms with Crippen LogP contribution in [-0.2, 0) is 17.1 Å². The lowest BCUT2D eigenvalue weighted by atomic mass is 9.89. The Balaban J connectivity index is 1.57. The van der Waals surface area contributed by atoms with Crippen molar-refractivity contribution in [3.8, 4) is 22.3 Å². The minimum Gasteiger partial charge on any atom is -0.379 e. The molecule has 1 heterocycles. The Morgan fingerprint density at radius 1 is 0.818 bits per heavy atom. The van der Waals surface area contributed by atoms with Crippen LogP contribution in [-0.4, -0.2) is 42.5 Å². The largest absolute Gasteiger partial charge is 0.379 e. The second-order valence-electron chi connectivity index (χ2n) is 9.04. The van der Waals surface area contributed by atoms with Crippen LogP contribution in [0.4, 0.5) is 0 Å². The van der Waals surface area contributed by atoms with Crippen LogP contribution in [0.5, 0.6) is 0 Å². The van der Waals surface area contributed by atoms with E-state index in [1.165, 1.54) is 22.3 Å². The SMILES string of the molecule is CC(C)(C(=O)c1cccc(-c2ccc(-c3ccc(CP)c(CP)c3)cc2)c1)N1CCOCC1. The van der Waals surface area contributed by atoms with E-state index in [2.05, 4.69) is 71.9 Å². The highest BCUT2D eigenvalue weighted by Crippen LogP contribution is 2.29. The number of Topliss-reactive ketones (excluding diaryl/α,β-unsaturated/α-hetero) is 1. The van der Waals surface area contributed by atoms with E-state index in [9.17, 15) is 4.79 Å². The van der Waals surface area contributed by atoms with Gasteiger partial charge in [0, 0.05) is 18.7 Å². The Morgan fingerprint density at radius 2 is 1.39 bits per heavy atom. The van der Waals surface area contributed by atoms with Crippen LogP contribution in [0, 0.1) is 0 Å². The highest BCUT2D eigenvalue weighted by atomic mass is 31.0. The van der Waals surface area contributed by atoms with Gasteiger partial charge in [-0.25, -0.2) is 0 Å². The molecule has 0 amide bonds. The van der Waals surface area contributed by atoms with Crippen molar-refractivity contribution in [3.05, 3.63) is 83.4 Å². The van der Waals surface area contributed by atoms with Crippen molar-refractivity contribution in [2.45, 2.75) is 31.7 Å². The fourth-order valence-corrected chi connectivity index (χ4v) is 5.29. The fourth-order valence-electron chi connectivity index (χ4n) is 4.51. The van der Waals surface area contributed by atoms with Crippen molar-refractivity contribution >= 4 is 24.3 Å². The molecule has 2 atom stereocenters. The van der Waals surface area contributed by atoms with E-state index in [1.807, 2.05) is 32.0 Å². The molecule has 0 saturated carbocycles. The maximum absolute atomic E-state index is 13.4. The first kappa shape index (κ1) is 24.2. The number of benzene rings is 3. The lowest BCUT2D eigenvalue weighted by molar-refractivity contribution is -0.00429. The van der Waals surface area contributed by atoms with Gasteiger partial charge in [0.15, 0.2) is 5.78 Å². The van der Waals surface area contributed by atoms with Crippen molar-refractivity contribution < 1.29 is 9.53 Å². The second-order valence-corrected chi connectivity index (χ2v) is 9.85. The Hall–Kier alpha value is -1.89. The molecule has 0 bridgehead atoms. The number of nitrogens with zero attached hydrogens (tertiary/aromatic N) is 1. The van der Waals surface area contributed by atoms with Gasteiger partial charge in [-0.1, -0.05) is 60.7 Å². The molecule has 3 aromatic rings. The summed E-state index contributed by atoms with van der Waals surface area (Å²) in [4.78, 5) is 15.6. The summed E-state index contributed by atoms with van der Waals surface area (Å²) in [7, 11) is 5.64. The molecular formula is C28H33NO2P2. The molecule has 172 valence electrons. The van der Waals surface area contributed by atoms with Crippen LogP contribution in [0.3, 0.4) is 0 Å². The maximum atomic E-state index is 13.4. The van der Waals surface area contributed by atoms with E-state index in [0.29, 0.717) is 13.2 Å². The number of hydrogen-bond donors (Lipinski definition) is 0. The van der Waals surface area contributed by atoms with Crippen LogP contribution in [0.25, 0.3) is 22.3 Å². The zero-order chi connectivity index (χ0) is 23.4. The van der Waals surface area contributed by atoms with Crippen molar-refractivity contribution in [1.29, 1.82) is 0 Å². The minimum absolute atomic E-state index is 0.155. The van der Waals surface area contributed by atoms with Crippen molar-refractivity contribution in [2.75, 3.05) is 26.3 Å². The van der Waals surface area contributed by atoms with Gasteiger partial charge in [0.25, 0.3) is 0 Å². The minimum atomic E-state index is -0.551. The van der Waals surface area contributed by atoms with E-state index in [1.54, 1.807) is 0 Å². The molecule has 0 N–H and O–H groups in total. The molecule has 1 aliphatic rings. The normalized spacial score (nSPS) is 14.9. The first-order valence-corrected chi connectivity index (χ1v) is 13.2. The predicted octanol–water partition coefficient (Wildman–Crippen LogP) is 6.06. The molecule has 33 heavy (non-hydrogen) atoms. The van der Waals surface area contributed by atoms with Gasteiger partial charge in [-0.3, -0.25) is 9.69 Å². The zero-order valence-electron chi connectivity index (χ0n) is 19.5. The summed E-state index contributed by atoms with van der Waals surface area (Å²) in [5.41, 5.74) is 7.56. The summed E-state index contributed by atoms with van der Waals surface area (Å²) in [5, 5.41) is 0. The summed E-state index contributed by atoms with van der Waals surface area (Å²) in [5.74, 6) is 0.155. The smallest absolute Gasteiger partial charge is 0.182 e. The van der Waals surface area contributed by atoms with Crippen LogP contribution in [0.2, 0.25) is 0 Å². The number of rotatable bonds is 7. The van der Waals surface area contributed by atoms with Crippen molar-refractivity contribution in [3.63, 3.8) is 0 Å². The first-order chi connectivity index (χ1) is 15.9. The Bertz CT molecular complexity index is 1120. The number of morpholine rings is 1. The molecule has 0 spiro atoms. The van der Waals surface area contributed by atoms with Gasteiger partial charge in [-0.2, -0.15) is 0 Å². The van der Waals surface area contributed by atoms with E-state index >= 15 is 0 Å². The van der Waals surface area contributed by atoms with Crippen LogP contribution in [0.1, 0.15) is 35.3 Å². The molecule has 1 aliphatic heterocycles. The summed E-state index contributed by atoms with van der Waals surface area (Å²) in [6, 6.07) is 23.4. The van der Waals surface area contributed by atoms with E-state index in [0.717, 1.165) is 42.1 Å². The second kappa shape index (κ2) is 10.6. The molecule has 0 aliphatic carbocycles. The van der Waals surface area contributed by atoms with Gasteiger partial charge in [-0.05, 0) is 65.6 Å². The Kier molecular flexibility index (Phi) is 7.77. The molecule has 4 rings (SSSR count). The van der Waals surface area contributed by atoms with Gasteiger partial charge >= 0.3 is 0 Å². The van der Waals surface area contributed by atoms with Crippen LogP contribution in [0.15, 0.2) is 66.7 Å². The van der Waals surface area contributed by atoms with Gasteiger partial charge in [0.2, 0.25) is 0 Å². The fraction of sp³-hybridized carbons (Fsp3) is 0.321. The number of ketones is 1. The summed E-state index contributed by atoms with van der Waals surface area (Å²) >= 11 is 0. The lowest BCUT2D eigenvalue weighted by Crippen LogP contribution is -2.54. The molecule has 0 aromatic heterocycles. The van der Waals surface area contributed by atoms with Crippen LogP contribution >= 0.6 is 18.5 Å². The topological polar surface area (TPSA) is 29.5 Å². The standard InChI is InChI=1S/C28H33NO2P2/c1-28(2,29-12-14-31-15-13-29)27(30)24-5-3-4-22(16-24)20-6-8-21(9-7-20)23-10-11-25(18-32)26(17-23)19-33/h3-11,16-17H,12-15,18-19,32-33H2,1-2H3. The van der Waals surface area contributed by atoms with Crippen LogP contribution < -0.4 is 0 Å². The number of ether oxygens (including phenoxy) is 1. The number of carbonyl (C=O) groups is 1. The van der Waals surface area contributed by atoms with Gasteiger partial charge < -0.3 is 4.74 Å². The Labute approximate surface area is 202 Å². The molecular weight excluding hydrogens is 444 g/mol. The average molecular weight is 478 g/mol. The quantitative estimate of drug-likeness (QED) is 0.306. The zero-order valence-corrected chi connectivity index (χ0v) is 21.8. The summed E-state index contributed by atoms with van der Waals surface area (Å²) < 4.78 is 5.47. The van der Waals surface area contributed by atoms with E-state index < -0.39 is 5.54 Å². The lowest BCUT2D eigenvalue weighted by Gasteiger charge is -2.39. The predicted molar refractivity (Wildman–Crippen MR) is 145 cm³/mol. The number of hydrogen-bond acceptors (Lipinski definition) is 3. The van der Waals surface area contributed by atoms with Crippen molar-refractivity contribution in [2.24, 2.45) is 0 Å². The molecule has 3 aromatic carbocycles. The van der Waals surface area contributed by atoms with Crippen molar-refractivity contribution in [1.82, 2.24) is 4.90 Å². The maximum Gasteiger partial charge on any atom is 0.182 e. The van der Waals surface area contributed by atoms with E-state index in [4.69, 9.17) is 4.74 Å². The first-order valence-electron chi connectivity index (χ1n) is 11.5. The third-order valence-electron chi connectivity index (χ3n) is 6.68.